The van der Waals surface area contributed by atoms with Crippen LogP contribution in [0.25, 0.3) is 10.8 Å². The fraction of sp³-hybridized carbons (Fsp3) is 0.576. The van der Waals surface area contributed by atoms with E-state index >= 15 is 0 Å². The Bertz CT molecular complexity index is 1510. The molecule has 7 rings (SSSR count). The van der Waals surface area contributed by atoms with Crippen molar-refractivity contribution in [3.8, 4) is 11.8 Å². The summed E-state index contributed by atoms with van der Waals surface area (Å²) in [6, 6.07) is 7.12. The van der Waals surface area contributed by atoms with Gasteiger partial charge in [-0.3, -0.25) is 0 Å². The van der Waals surface area contributed by atoms with E-state index in [1.807, 2.05) is 6.92 Å². The van der Waals surface area contributed by atoms with Crippen LogP contribution in [0.4, 0.5) is 15.9 Å². The van der Waals surface area contributed by atoms with Gasteiger partial charge in [0.05, 0.1) is 24.9 Å². The first kappa shape index (κ1) is 27.7. The van der Waals surface area contributed by atoms with Gasteiger partial charge in [-0.2, -0.15) is 9.97 Å². The number of aliphatic hydroxyl groups excluding tert-OH is 1. The smallest absolute Gasteiger partial charge is 0.318 e. The van der Waals surface area contributed by atoms with Crippen molar-refractivity contribution in [2.75, 3.05) is 56.7 Å². The minimum atomic E-state index is -0.239. The summed E-state index contributed by atoms with van der Waals surface area (Å²) in [4.78, 5) is 16.8. The van der Waals surface area contributed by atoms with Crippen LogP contribution in [0.15, 0.2) is 24.3 Å². The van der Waals surface area contributed by atoms with Crippen molar-refractivity contribution in [3.63, 3.8) is 0 Å². The minimum Gasteiger partial charge on any atom is -0.508 e. The van der Waals surface area contributed by atoms with Crippen molar-refractivity contribution >= 4 is 22.3 Å². The Morgan fingerprint density at radius 3 is 2.69 bits per heavy atom. The zero-order valence-electron chi connectivity index (χ0n) is 24.9. The van der Waals surface area contributed by atoms with Gasteiger partial charge in [0.1, 0.15) is 17.4 Å². The summed E-state index contributed by atoms with van der Waals surface area (Å²) in [7, 11) is 4.20. The number of aromatic nitrogens is 2. The molecule has 2 saturated carbocycles. The maximum absolute atomic E-state index is 14.9. The Hall–Kier alpha value is -3.17. The van der Waals surface area contributed by atoms with E-state index in [0.29, 0.717) is 43.6 Å². The van der Waals surface area contributed by atoms with Crippen LogP contribution >= 0.6 is 0 Å². The van der Waals surface area contributed by atoms with Crippen LogP contribution < -0.4 is 14.5 Å². The molecule has 4 aliphatic rings. The van der Waals surface area contributed by atoms with Gasteiger partial charge < -0.3 is 29.6 Å². The van der Waals surface area contributed by atoms with Gasteiger partial charge in [-0.1, -0.05) is 13.0 Å². The third-order valence-electron chi connectivity index (χ3n) is 9.95. The molecule has 2 aliphatic carbocycles. The molecule has 0 amide bonds. The molecule has 3 fully saturated rings. The summed E-state index contributed by atoms with van der Waals surface area (Å²) in [5.74, 6) is 1.64. The van der Waals surface area contributed by atoms with Gasteiger partial charge in [0.25, 0.3) is 0 Å². The standard InChI is InChI=1S/C33H42FN5O3/c1-4-24-26(34)6-5-21-13-23(40)14-28(30(21)24)38-10-7-25-27(17-38)35-32(42-19-33(8-9-33)18-37(2)3)36-31(25)39-15-20-11-22(16-39)29(41)12-20/h5-6,13-14,20,22,29,40-41H,4,7-12,15-19H2,1-3H3/t20-,22-,29-/m1/s1. The molecule has 0 radical (unpaired) electrons. The molecule has 0 spiro atoms. The number of benzene rings is 2. The van der Waals surface area contributed by atoms with E-state index in [2.05, 4.69) is 28.8 Å². The normalized spacial score (nSPS) is 24.4. The number of aryl methyl sites for hydroxylation is 1. The largest absolute Gasteiger partial charge is 0.508 e. The van der Waals surface area contributed by atoms with Crippen LogP contribution in [-0.4, -0.2) is 78.1 Å². The first-order chi connectivity index (χ1) is 20.2. The van der Waals surface area contributed by atoms with Crippen LogP contribution in [0, 0.1) is 23.1 Å². The average molecular weight is 576 g/mol. The topological polar surface area (TPSA) is 85.2 Å². The third kappa shape index (κ3) is 5.04. The van der Waals surface area contributed by atoms with Crippen LogP contribution in [0.1, 0.15) is 49.4 Å². The predicted octanol–water partition coefficient (Wildman–Crippen LogP) is 4.53. The summed E-state index contributed by atoms with van der Waals surface area (Å²) >= 11 is 0. The Labute approximate surface area is 247 Å². The molecular formula is C33H42FN5O3. The number of piperidine rings is 1. The van der Waals surface area contributed by atoms with Gasteiger partial charge >= 0.3 is 6.01 Å². The SMILES string of the molecule is CCc1c(F)ccc2cc(O)cc(N3CCc4c(nc(OCC5(CN(C)C)CC5)nc4N4C[C@@H]5C[C@H](C4)[C@H](O)C5)C3)c12. The number of rotatable bonds is 8. The lowest BCUT2D eigenvalue weighted by molar-refractivity contribution is 0.137. The van der Waals surface area contributed by atoms with Crippen LogP contribution in [0.2, 0.25) is 0 Å². The first-order valence-corrected chi connectivity index (χ1v) is 15.5. The van der Waals surface area contributed by atoms with E-state index < -0.39 is 0 Å². The maximum Gasteiger partial charge on any atom is 0.318 e. The van der Waals surface area contributed by atoms with E-state index in [1.165, 1.54) is 6.07 Å². The van der Waals surface area contributed by atoms with Crippen LogP contribution in [0.3, 0.4) is 0 Å². The summed E-state index contributed by atoms with van der Waals surface area (Å²) in [5, 5.41) is 22.9. The number of ether oxygens (including phenoxy) is 1. The monoisotopic (exact) mass is 575 g/mol. The zero-order chi connectivity index (χ0) is 29.2. The maximum atomic E-state index is 14.9. The molecule has 8 nitrogen and oxygen atoms in total. The van der Waals surface area contributed by atoms with Crippen molar-refractivity contribution in [2.24, 2.45) is 17.3 Å². The van der Waals surface area contributed by atoms with Crippen molar-refractivity contribution in [2.45, 2.75) is 58.1 Å². The van der Waals surface area contributed by atoms with Crippen molar-refractivity contribution in [1.29, 1.82) is 0 Å². The molecule has 2 aromatic carbocycles. The second-order valence-corrected chi connectivity index (χ2v) is 13.5. The van der Waals surface area contributed by atoms with Gasteiger partial charge in [0.15, 0.2) is 0 Å². The molecule has 3 aromatic rings. The van der Waals surface area contributed by atoms with E-state index in [1.54, 1.807) is 18.2 Å². The van der Waals surface area contributed by atoms with Gasteiger partial charge in [0, 0.05) is 60.2 Å². The number of nitrogens with zero attached hydrogens (tertiary/aromatic N) is 5. The molecule has 2 bridgehead atoms. The number of halogens is 1. The fourth-order valence-electron chi connectivity index (χ4n) is 7.81. The Balaban J connectivity index is 1.25. The molecule has 42 heavy (non-hydrogen) atoms. The van der Waals surface area contributed by atoms with Gasteiger partial charge in [-0.15, -0.1) is 0 Å². The molecule has 1 saturated heterocycles. The van der Waals surface area contributed by atoms with Gasteiger partial charge in [-0.05, 0) is 81.6 Å². The number of hydrogen-bond acceptors (Lipinski definition) is 8. The molecule has 224 valence electrons. The molecule has 2 aliphatic heterocycles. The highest BCUT2D eigenvalue weighted by atomic mass is 19.1. The number of aliphatic hydroxyl groups is 1. The van der Waals surface area contributed by atoms with Crippen LogP contribution in [-0.2, 0) is 19.4 Å². The number of anilines is 2. The highest BCUT2D eigenvalue weighted by Crippen LogP contribution is 2.47. The minimum absolute atomic E-state index is 0.157. The highest BCUT2D eigenvalue weighted by molar-refractivity contribution is 5.98. The molecule has 9 heteroatoms. The summed E-state index contributed by atoms with van der Waals surface area (Å²) in [6.07, 6.45) is 5.29. The summed E-state index contributed by atoms with van der Waals surface area (Å²) < 4.78 is 21.3. The number of hydrogen-bond donors (Lipinski definition) is 2. The van der Waals surface area contributed by atoms with E-state index in [0.717, 1.165) is 85.3 Å². The quantitative estimate of drug-likeness (QED) is 0.406. The second-order valence-electron chi connectivity index (χ2n) is 13.5. The lowest BCUT2D eigenvalue weighted by atomic mass is 9.96. The van der Waals surface area contributed by atoms with Crippen molar-refractivity contribution < 1.29 is 19.3 Å². The summed E-state index contributed by atoms with van der Waals surface area (Å²) in [6.45, 7) is 6.45. The molecular weight excluding hydrogens is 533 g/mol. The predicted molar refractivity (Wildman–Crippen MR) is 162 cm³/mol. The van der Waals surface area contributed by atoms with Crippen molar-refractivity contribution in [3.05, 3.63) is 46.9 Å². The fourth-order valence-corrected chi connectivity index (χ4v) is 7.81. The Morgan fingerprint density at radius 1 is 1.12 bits per heavy atom. The number of phenols is 1. The third-order valence-corrected chi connectivity index (χ3v) is 9.95. The van der Waals surface area contributed by atoms with Gasteiger partial charge in [0.2, 0.25) is 0 Å². The summed E-state index contributed by atoms with van der Waals surface area (Å²) in [5.41, 5.74) is 3.71. The first-order valence-electron chi connectivity index (χ1n) is 15.5. The Kier molecular flexibility index (Phi) is 6.93. The van der Waals surface area contributed by atoms with Crippen LogP contribution in [0.5, 0.6) is 11.8 Å². The molecule has 3 atom stereocenters. The average Bonchev–Trinajstić information content (AvgIpc) is 3.67. The molecule has 3 heterocycles. The molecule has 1 aromatic heterocycles. The van der Waals surface area contributed by atoms with E-state index in [4.69, 9.17) is 14.7 Å². The van der Waals surface area contributed by atoms with Gasteiger partial charge in [-0.25, -0.2) is 4.39 Å². The number of fused-ring (bicyclic) bond motifs is 4. The lowest BCUT2D eigenvalue weighted by Gasteiger charge is -2.37. The molecule has 0 unspecified atom stereocenters. The van der Waals surface area contributed by atoms with E-state index in [9.17, 15) is 14.6 Å². The molecule has 2 N–H and O–H groups in total. The van der Waals surface area contributed by atoms with Crippen molar-refractivity contribution in [1.82, 2.24) is 14.9 Å². The second kappa shape index (κ2) is 10.5. The number of phenolic OH excluding ortho intramolecular Hbond substituents is 1. The zero-order valence-corrected chi connectivity index (χ0v) is 24.9. The lowest BCUT2D eigenvalue weighted by Crippen LogP contribution is -2.40. The highest BCUT2D eigenvalue weighted by Gasteiger charge is 2.44. The Morgan fingerprint density at radius 2 is 1.95 bits per heavy atom. The number of aromatic hydroxyl groups is 1. The van der Waals surface area contributed by atoms with E-state index in [-0.39, 0.29) is 29.0 Å².